The Balaban J connectivity index is 2.55. The van der Waals surface area contributed by atoms with Crippen LogP contribution in [0.5, 0.6) is 0 Å². The zero-order valence-corrected chi connectivity index (χ0v) is 10.8. The van der Waals surface area contributed by atoms with Gasteiger partial charge in [0.2, 0.25) is 10.4 Å². The molecule has 20 heavy (non-hydrogen) atoms. The van der Waals surface area contributed by atoms with Crippen LogP contribution in [0.1, 0.15) is 6.23 Å². The van der Waals surface area contributed by atoms with Gasteiger partial charge < -0.3 is 20.7 Å². The van der Waals surface area contributed by atoms with Gasteiger partial charge in [-0.1, -0.05) is 5.92 Å². The molecule has 1 aliphatic heterocycles. The fourth-order valence-electron chi connectivity index (χ4n) is 1.95. The summed E-state index contributed by atoms with van der Waals surface area (Å²) in [6, 6.07) is 0. The maximum Gasteiger partial charge on any atom is 0.204 e. The summed E-state index contributed by atoms with van der Waals surface area (Å²) in [4.78, 5) is 3.53. The van der Waals surface area contributed by atoms with E-state index >= 15 is 0 Å². The van der Waals surface area contributed by atoms with Crippen molar-refractivity contribution in [2.24, 2.45) is 0 Å². The molecule has 6 nitrogen and oxygen atoms in total. The number of aliphatic hydroxyl groups excluding tert-OH is 1. The van der Waals surface area contributed by atoms with Gasteiger partial charge in [0.05, 0.1) is 6.61 Å². The summed E-state index contributed by atoms with van der Waals surface area (Å²) in [7, 11) is 0. The minimum Gasteiger partial charge on any atom is -0.394 e. The second-order valence-corrected chi connectivity index (χ2v) is 4.61. The fourth-order valence-corrected chi connectivity index (χ4v) is 2.19. The molecule has 2 rings (SSSR count). The van der Waals surface area contributed by atoms with E-state index in [1.165, 1.54) is 0 Å². The maximum absolute atomic E-state index is 14.0. The number of aromatic nitrogens is 2. The standard InChI is InChI=1S/C11H11F2N3O3S/c1-2-11(18)7(13)6(4-17)19-9(11)16-3-5(12)8(14)15-10(16)20/h1,3,6-7,9,17-18H,4H2,(H2,14,15,20)/t6?,7-,9?,11?/m0/s1. The molecule has 9 heteroatoms. The zero-order valence-electron chi connectivity index (χ0n) is 10.0. The summed E-state index contributed by atoms with van der Waals surface area (Å²) < 4.78 is 33.2. The largest absolute Gasteiger partial charge is 0.394 e. The molecule has 1 aromatic rings. The van der Waals surface area contributed by atoms with Crippen LogP contribution in [-0.2, 0) is 4.74 Å². The van der Waals surface area contributed by atoms with Gasteiger partial charge in [-0.3, -0.25) is 4.57 Å². The van der Waals surface area contributed by atoms with Crippen molar-refractivity contribution in [3.05, 3.63) is 16.8 Å². The van der Waals surface area contributed by atoms with E-state index in [1.807, 2.05) is 5.92 Å². The Labute approximate surface area is 117 Å². The van der Waals surface area contributed by atoms with Crippen molar-refractivity contribution in [2.75, 3.05) is 12.3 Å². The highest BCUT2D eigenvalue weighted by molar-refractivity contribution is 7.71. The molecule has 1 aromatic heterocycles. The third-order valence-electron chi connectivity index (χ3n) is 3.02. The van der Waals surface area contributed by atoms with Crippen LogP contribution in [0.4, 0.5) is 14.6 Å². The Kier molecular flexibility index (Phi) is 3.75. The van der Waals surface area contributed by atoms with Gasteiger partial charge in [0.25, 0.3) is 0 Å². The molecule has 4 atom stereocenters. The lowest BCUT2D eigenvalue weighted by Gasteiger charge is -2.26. The Morgan fingerprint density at radius 3 is 2.90 bits per heavy atom. The third kappa shape index (κ3) is 2.06. The lowest BCUT2D eigenvalue weighted by molar-refractivity contribution is -0.0742. The summed E-state index contributed by atoms with van der Waals surface area (Å²) in [5, 5.41) is 19.2. The van der Waals surface area contributed by atoms with Gasteiger partial charge in [-0.25, -0.2) is 8.78 Å². The number of halogens is 2. The molecular weight excluding hydrogens is 292 g/mol. The molecule has 0 radical (unpaired) electrons. The van der Waals surface area contributed by atoms with E-state index < -0.39 is 42.3 Å². The first-order valence-corrected chi connectivity index (χ1v) is 5.90. The van der Waals surface area contributed by atoms with E-state index in [9.17, 15) is 13.9 Å². The van der Waals surface area contributed by atoms with Gasteiger partial charge in [-0.2, -0.15) is 4.98 Å². The molecule has 0 aromatic carbocycles. The number of nitrogens with zero attached hydrogens (tertiary/aromatic N) is 2. The SMILES string of the molecule is C#CC1(O)C(n2cc(F)c(N)nc2=S)OC(CO)[C@@H]1F. The van der Waals surface area contributed by atoms with Gasteiger partial charge in [-0.15, -0.1) is 6.42 Å². The Morgan fingerprint density at radius 2 is 2.35 bits per heavy atom. The van der Waals surface area contributed by atoms with E-state index in [-0.39, 0.29) is 4.77 Å². The molecule has 0 bridgehead atoms. The van der Waals surface area contributed by atoms with Crippen LogP contribution in [-0.4, -0.2) is 44.2 Å². The van der Waals surface area contributed by atoms with Gasteiger partial charge in [0.1, 0.15) is 6.10 Å². The first kappa shape index (κ1) is 14.8. The van der Waals surface area contributed by atoms with Crippen LogP contribution in [0.15, 0.2) is 6.20 Å². The molecule has 0 amide bonds. The zero-order chi connectivity index (χ0) is 15.1. The average molecular weight is 303 g/mol. The van der Waals surface area contributed by atoms with E-state index in [0.29, 0.717) is 0 Å². The van der Waals surface area contributed by atoms with Crippen molar-refractivity contribution < 1.29 is 23.7 Å². The summed E-state index contributed by atoms with van der Waals surface area (Å²) >= 11 is 4.86. The number of alkyl halides is 1. The number of nitrogens with two attached hydrogens (primary N) is 1. The van der Waals surface area contributed by atoms with Gasteiger partial charge in [-0.05, 0) is 12.2 Å². The smallest absolute Gasteiger partial charge is 0.204 e. The number of anilines is 1. The number of hydrogen-bond acceptors (Lipinski definition) is 6. The molecule has 1 fully saturated rings. The summed E-state index contributed by atoms with van der Waals surface area (Å²) in [6.07, 6.45) is 1.00. The van der Waals surface area contributed by atoms with Crippen LogP contribution in [0.25, 0.3) is 0 Å². The van der Waals surface area contributed by atoms with E-state index in [2.05, 4.69) is 4.98 Å². The highest BCUT2D eigenvalue weighted by Gasteiger charge is 2.56. The minimum atomic E-state index is -2.41. The molecule has 0 spiro atoms. The maximum atomic E-state index is 14.0. The van der Waals surface area contributed by atoms with E-state index in [1.54, 1.807) is 0 Å². The number of hydrogen-bond donors (Lipinski definition) is 3. The first-order valence-electron chi connectivity index (χ1n) is 5.49. The molecular formula is C11H11F2N3O3S. The minimum absolute atomic E-state index is 0.242. The Hall–Kier alpha value is -1.60. The molecule has 1 saturated heterocycles. The van der Waals surface area contributed by atoms with E-state index in [0.717, 1.165) is 10.8 Å². The Bertz CT molecular complexity index is 632. The Morgan fingerprint density at radius 1 is 1.70 bits per heavy atom. The van der Waals surface area contributed by atoms with Crippen LogP contribution in [0.2, 0.25) is 0 Å². The lowest BCUT2D eigenvalue weighted by Crippen LogP contribution is -2.43. The predicted molar refractivity (Wildman–Crippen MR) is 67.1 cm³/mol. The fraction of sp³-hybridized carbons (Fsp3) is 0.455. The molecule has 0 aliphatic carbocycles. The number of aliphatic hydroxyl groups is 2. The van der Waals surface area contributed by atoms with Crippen molar-refractivity contribution in [3.63, 3.8) is 0 Å². The highest BCUT2D eigenvalue weighted by Crippen LogP contribution is 2.40. The lowest BCUT2D eigenvalue weighted by atomic mass is 9.96. The quantitative estimate of drug-likeness (QED) is 0.523. The number of ether oxygens (including phenoxy) is 1. The van der Waals surface area contributed by atoms with Gasteiger partial charge in [0.15, 0.2) is 24.0 Å². The molecule has 108 valence electrons. The highest BCUT2D eigenvalue weighted by atomic mass is 32.1. The average Bonchev–Trinajstić information content (AvgIpc) is 2.67. The van der Waals surface area contributed by atoms with Crippen LogP contribution in [0.3, 0.4) is 0 Å². The van der Waals surface area contributed by atoms with Crippen LogP contribution >= 0.6 is 12.2 Å². The van der Waals surface area contributed by atoms with Gasteiger partial charge in [0, 0.05) is 6.20 Å². The summed E-state index contributed by atoms with van der Waals surface area (Å²) in [5.41, 5.74) is 2.84. The monoisotopic (exact) mass is 303 g/mol. The van der Waals surface area contributed by atoms with Crippen molar-refractivity contribution in [3.8, 4) is 12.3 Å². The first-order chi connectivity index (χ1) is 9.35. The second-order valence-electron chi connectivity index (χ2n) is 4.24. The predicted octanol–water partition coefficient (Wildman–Crippen LogP) is -0.0740. The third-order valence-corrected chi connectivity index (χ3v) is 3.33. The summed E-state index contributed by atoms with van der Waals surface area (Å²) in [5.74, 6) is 0.493. The molecule has 3 unspecified atom stereocenters. The summed E-state index contributed by atoms with van der Waals surface area (Å²) in [6.45, 7) is -0.708. The van der Waals surface area contributed by atoms with Crippen LogP contribution in [0, 0.1) is 22.9 Å². The number of terminal acetylenes is 1. The number of rotatable bonds is 2. The topological polar surface area (TPSA) is 93.5 Å². The van der Waals surface area contributed by atoms with Crippen molar-refractivity contribution in [2.45, 2.75) is 24.1 Å². The molecule has 0 saturated carbocycles. The number of nitrogen functional groups attached to an aromatic ring is 1. The van der Waals surface area contributed by atoms with Crippen molar-refractivity contribution in [1.29, 1.82) is 0 Å². The normalized spacial score (nSPS) is 33.0. The van der Waals surface area contributed by atoms with Crippen molar-refractivity contribution in [1.82, 2.24) is 9.55 Å². The van der Waals surface area contributed by atoms with Gasteiger partial charge >= 0.3 is 0 Å². The van der Waals surface area contributed by atoms with Crippen molar-refractivity contribution >= 4 is 18.0 Å². The molecule has 4 N–H and O–H groups in total. The second kappa shape index (κ2) is 5.06. The van der Waals surface area contributed by atoms with Crippen LogP contribution < -0.4 is 5.73 Å². The van der Waals surface area contributed by atoms with E-state index in [4.69, 9.17) is 34.2 Å². The molecule has 1 aliphatic rings. The molecule has 2 heterocycles.